The Morgan fingerprint density at radius 3 is 3.05 bits per heavy atom. The first-order chi connectivity index (χ1) is 10.7. The minimum Gasteiger partial charge on any atom is -0.445 e. The van der Waals surface area contributed by atoms with Gasteiger partial charge in [0.15, 0.2) is 0 Å². The Hall–Kier alpha value is -1.72. The lowest BCUT2D eigenvalue weighted by molar-refractivity contribution is 0.243. The summed E-state index contributed by atoms with van der Waals surface area (Å²) in [5.41, 5.74) is 1.27. The Kier molecular flexibility index (Phi) is 4.85. The monoisotopic (exact) mass is 300 g/mol. The van der Waals surface area contributed by atoms with Crippen molar-refractivity contribution < 1.29 is 4.42 Å². The van der Waals surface area contributed by atoms with E-state index in [4.69, 9.17) is 4.42 Å². The molecule has 0 radical (unpaired) electrons. The number of hydrogen-bond donors (Lipinski definition) is 0. The predicted octanol–water partition coefficient (Wildman–Crippen LogP) is 2.33. The van der Waals surface area contributed by atoms with Gasteiger partial charge in [-0.05, 0) is 44.5 Å². The molecule has 5 heteroatoms. The zero-order valence-corrected chi connectivity index (χ0v) is 13.4. The number of nitrogens with zero attached hydrogens (tertiary/aromatic N) is 4. The Balaban J connectivity index is 1.44. The van der Waals surface area contributed by atoms with Crippen LogP contribution < -0.4 is 0 Å². The van der Waals surface area contributed by atoms with Crippen LogP contribution in [0.15, 0.2) is 35.1 Å². The van der Waals surface area contributed by atoms with Crippen LogP contribution in [0, 0.1) is 12.8 Å². The lowest BCUT2D eigenvalue weighted by Crippen LogP contribution is -2.28. The normalized spacial score (nSPS) is 19.1. The zero-order valence-electron chi connectivity index (χ0n) is 13.4. The number of rotatable bonds is 6. The molecule has 1 aliphatic rings. The van der Waals surface area contributed by atoms with Crippen LogP contribution in [-0.4, -0.2) is 46.4 Å². The van der Waals surface area contributed by atoms with E-state index in [1.807, 2.05) is 25.4 Å². The molecule has 0 amide bonds. The first-order valence-electron chi connectivity index (χ1n) is 7.90. The molecule has 1 saturated heterocycles. The molecule has 3 heterocycles. The second kappa shape index (κ2) is 7.03. The summed E-state index contributed by atoms with van der Waals surface area (Å²) in [6, 6.07) is 4.13. The van der Waals surface area contributed by atoms with Crippen molar-refractivity contribution in [2.75, 3.05) is 26.7 Å². The lowest BCUT2D eigenvalue weighted by Gasteiger charge is -2.21. The van der Waals surface area contributed by atoms with Crippen LogP contribution in [0.25, 0.3) is 0 Å². The van der Waals surface area contributed by atoms with Crippen LogP contribution >= 0.6 is 0 Å². The highest BCUT2D eigenvalue weighted by atomic mass is 16.4. The number of aryl methyl sites for hydroxylation is 1. The second-order valence-electron chi connectivity index (χ2n) is 6.31. The van der Waals surface area contributed by atoms with E-state index in [1.165, 1.54) is 12.0 Å². The van der Waals surface area contributed by atoms with Gasteiger partial charge >= 0.3 is 0 Å². The maximum atomic E-state index is 5.57. The standard InChI is InChI=1S/C17H24N4O/c1-14-8-19-17(22-14)13-21-7-5-16(12-21)11-20(2)10-15-4-3-6-18-9-15/h3-4,6,8-9,16H,5,7,10-13H2,1-2H3. The average Bonchev–Trinajstić information content (AvgIpc) is 3.09. The highest BCUT2D eigenvalue weighted by molar-refractivity contribution is 5.08. The third kappa shape index (κ3) is 4.15. The van der Waals surface area contributed by atoms with Gasteiger partial charge in [0.1, 0.15) is 5.76 Å². The fraction of sp³-hybridized carbons (Fsp3) is 0.529. The molecule has 1 aliphatic heterocycles. The number of likely N-dealkylation sites (tertiary alicyclic amines) is 1. The summed E-state index contributed by atoms with van der Waals surface area (Å²) in [7, 11) is 2.19. The van der Waals surface area contributed by atoms with Gasteiger partial charge in [0.05, 0.1) is 12.7 Å². The minimum atomic E-state index is 0.720. The van der Waals surface area contributed by atoms with Gasteiger partial charge in [-0.25, -0.2) is 4.98 Å². The smallest absolute Gasteiger partial charge is 0.208 e. The second-order valence-corrected chi connectivity index (χ2v) is 6.31. The van der Waals surface area contributed by atoms with Crippen LogP contribution in [0.5, 0.6) is 0 Å². The van der Waals surface area contributed by atoms with E-state index in [0.29, 0.717) is 0 Å². The van der Waals surface area contributed by atoms with Crippen molar-refractivity contribution in [3.8, 4) is 0 Å². The topological polar surface area (TPSA) is 45.4 Å². The third-order valence-electron chi connectivity index (χ3n) is 4.14. The predicted molar refractivity (Wildman–Crippen MR) is 85.2 cm³/mol. The van der Waals surface area contributed by atoms with E-state index in [-0.39, 0.29) is 0 Å². The third-order valence-corrected chi connectivity index (χ3v) is 4.14. The molecular weight excluding hydrogens is 276 g/mol. The molecule has 1 fully saturated rings. The molecule has 0 N–H and O–H groups in total. The zero-order chi connectivity index (χ0) is 15.4. The molecule has 1 unspecified atom stereocenters. The summed E-state index contributed by atoms with van der Waals surface area (Å²) in [6.45, 7) is 7.11. The van der Waals surface area contributed by atoms with Gasteiger partial charge in [0.2, 0.25) is 5.89 Å². The van der Waals surface area contributed by atoms with Crippen LogP contribution in [0.2, 0.25) is 0 Å². The molecule has 1 atom stereocenters. The molecule has 0 bridgehead atoms. The van der Waals surface area contributed by atoms with Crippen LogP contribution in [-0.2, 0) is 13.1 Å². The molecule has 0 aliphatic carbocycles. The molecule has 118 valence electrons. The first kappa shape index (κ1) is 15.2. The fourth-order valence-corrected chi connectivity index (χ4v) is 3.18. The van der Waals surface area contributed by atoms with Gasteiger partial charge in [-0.3, -0.25) is 9.88 Å². The van der Waals surface area contributed by atoms with Crippen molar-refractivity contribution in [1.29, 1.82) is 0 Å². The van der Waals surface area contributed by atoms with Crippen molar-refractivity contribution in [2.45, 2.75) is 26.4 Å². The van der Waals surface area contributed by atoms with Gasteiger partial charge in [-0.2, -0.15) is 0 Å². The van der Waals surface area contributed by atoms with Gasteiger partial charge in [0.25, 0.3) is 0 Å². The highest BCUT2D eigenvalue weighted by Crippen LogP contribution is 2.20. The molecule has 0 aromatic carbocycles. The molecule has 2 aromatic heterocycles. The van der Waals surface area contributed by atoms with Gasteiger partial charge in [-0.15, -0.1) is 0 Å². The van der Waals surface area contributed by atoms with E-state index in [0.717, 1.165) is 50.3 Å². The summed E-state index contributed by atoms with van der Waals surface area (Å²) in [5, 5.41) is 0. The van der Waals surface area contributed by atoms with Gasteiger partial charge in [-0.1, -0.05) is 6.07 Å². The van der Waals surface area contributed by atoms with Crippen molar-refractivity contribution >= 4 is 0 Å². The van der Waals surface area contributed by atoms with E-state index < -0.39 is 0 Å². The van der Waals surface area contributed by atoms with E-state index in [9.17, 15) is 0 Å². The summed E-state index contributed by atoms with van der Waals surface area (Å²) in [4.78, 5) is 13.3. The SMILES string of the molecule is Cc1cnc(CN2CCC(CN(C)Cc3cccnc3)C2)o1. The quantitative estimate of drug-likeness (QED) is 0.819. The van der Waals surface area contributed by atoms with Crippen LogP contribution in [0.4, 0.5) is 0 Å². The molecule has 3 rings (SSSR count). The Morgan fingerprint density at radius 2 is 2.32 bits per heavy atom. The van der Waals surface area contributed by atoms with E-state index >= 15 is 0 Å². The fourth-order valence-electron chi connectivity index (χ4n) is 3.18. The van der Waals surface area contributed by atoms with Crippen molar-refractivity contribution in [2.24, 2.45) is 5.92 Å². The van der Waals surface area contributed by atoms with Crippen molar-refractivity contribution in [3.05, 3.63) is 47.9 Å². The maximum Gasteiger partial charge on any atom is 0.208 e. The lowest BCUT2D eigenvalue weighted by atomic mass is 10.1. The Morgan fingerprint density at radius 1 is 1.41 bits per heavy atom. The summed E-state index contributed by atoms with van der Waals surface area (Å²) in [6.07, 6.45) is 6.81. The number of oxazole rings is 1. The van der Waals surface area contributed by atoms with Gasteiger partial charge in [0, 0.05) is 32.0 Å². The first-order valence-corrected chi connectivity index (χ1v) is 7.90. The van der Waals surface area contributed by atoms with Crippen molar-refractivity contribution in [1.82, 2.24) is 19.8 Å². The van der Waals surface area contributed by atoms with E-state index in [2.05, 4.69) is 32.9 Å². The molecular formula is C17H24N4O. The average molecular weight is 300 g/mol. The summed E-state index contributed by atoms with van der Waals surface area (Å²) in [5.74, 6) is 2.45. The minimum absolute atomic E-state index is 0.720. The number of aromatic nitrogens is 2. The molecule has 22 heavy (non-hydrogen) atoms. The van der Waals surface area contributed by atoms with Crippen LogP contribution in [0.3, 0.4) is 0 Å². The number of pyridine rings is 1. The number of hydrogen-bond acceptors (Lipinski definition) is 5. The van der Waals surface area contributed by atoms with Gasteiger partial charge < -0.3 is 9.32 Å². The largest absolute Gasteiger partial charge is 0.445 e. The van der Waals surface area contributed by atoms with E-state index in [1.54, 1.807) is 6.20 Å². The summed E-state index contributed by atoms with van der Waals surface area (Å²) < 4.78 is 5.57. The molecule has 0 saturated carbocycles. The summed E-state index contributed by atoms with van der Waals surface area (Å²) >= 11 is 0. The molecule has 2 aromatic rings. The Bertz CT molecular complexity index is 583. The highest BCUT2D eigenvalue weighted by Gasteiger charge is 2.24. The molecule has 5 nitrogen and oxygen atoms in total. The van der Waals surface area contributed by atoms with Crippen LogP contribution in [0.1, 0.15) is 23.6 Å². The van der Waals surface area contributed by atoms with Crippen molar-refractivity contribution in [3.63, 3.8) is 0 Å². The molecule has 0 spiro atoms. The Labute approximate surface area is 132 Å². The maximum absolute atomic E-state index is 5.57.